The summed E-state index contributed by atoms with van der Waals surface area (Å²) in [6.07, 6.45) is 1.63. The Bertz CT molecular complexity index is 1170. The van der Waals surface area contributed by atoms with Gasteiger partial charge in [-0.25, -0.2) is 8.91 Å². The number of pyridine rings is 1. The van der Waals surface area contributed by atoms with Crippen LogP contribution in [0, 0.1) is 5.82 Å². The molecule has 8 heteroatoms. The van der Waals surface area contributed by atoms with Gasteiger partial charge in [-0.1, -0.05) is 23.7 Å². The van der Waals surface area contributed by atoms with Crippen LogP contribution in [-0.4, -0.2) is 27.6 Å². The van der Waals surface area contributed by atoms with Crippen molar-refractivity contribution < 1.29 is 9.18 Å². The predicted molar refractivity (Wildman–Crippen MR) is 107 cm³/mol. The second kappa shape index (κ2) is 7.28. The van der Waals surface area contributed by atoms with E-state index in [2.05, 4.69) is 20.7 Å². The molecule has 1 amide bonds. The Morgan fingerprint density at radius 1 is 1.14 bits per heavy atom. The summed E-state index contributed by atoms with van der Waals surface area (Å²) in [5.41, 5.74) is 3.14. The molecule has 2 heterocycles. The van der Waals surface area contributed by atoms with E-state index >= 15 is 0 Å². The number of benzene rings is 2. The van der Waals surface area contributed by atoms with Crippen molar-refractivity contribution in [2.75, 3.05) is 12.4 Å². The number of hydrogen-bond acceptors (Lipinski definition) is 4. The van der Waals surface area contributed by atoms with Crippen LogP contribution < -0.4 is 10.6 Å². The number of amides is 1. The molecule has 0 bridgehead atoms. The highest BCUT2D eigenvalue weighted by Crippen LogP contribution is 2.28. The van der Waals surface area contributed by atoms with E-state index in [9.17, 15) is 9.18 Å². The van der Waals surface area contributed by atoms with Crippen molar-refractivity contribution in [1.29, 1.82) is 0 Å². The van der Waals surface area contributed by atoms with Crippen molar-refractivity contribution >= 4 is 34.8 Å². The third-order valence-corrected chi connectivity index (χ3v) is 4.37. The van der Waals surface area contributed by atoms with Gasteiger partial charge in [-0.05, 0) is 48.0 Å². The van der Waals surface area contributed by atoms with Crippen molar-refractivity contribution in [3.05, 3.63) is 77.2 Å². The summed E-state index contributed by atoms with van der Waals surface area (Å²) in [4.78, 5) is 16.1. The summed E-state index contributed by atoms with van der Waals surface area (Å²) in [6.45, 7) is 0. The van der Waals surface area contributed by atoms with Crippen molar-refractivity contribution in [3.63, 3.8) is 0 Å². The van der Waals surface area contributed by atoms with E-state index in [1.165, 1.54) is 12.1 Å². The molecule has 0 aliphatic carbocycles. The quantitative estimate of drug-likeness (QED) is 0.540. The molecule has 2 aromatic heterocycles. The number of fused-ring (bicyclic) bond motifs is 1. The third kappa shape index (κ3) is 3.52. The van der Waals surface area contributed by atoms with Gasteiger partial charge in [0.1, 0.15) is 5.82 Å². The van der Waals surface area contributed by atoms with E-state index < -0.39 is 0 Å². The second-order valence-corrected chi connectivity index (χ2v) is 6.50. The summed E-state index contributed by atoms with van der Waals surface area (Å²) in [5, 5.41) is 10.5. The molecule has 0 radical (unpaired) electrons. The van der Waals surface area contributed by atoms with Gasteiger partial charge in [0.05, 0.1) is 5.02 Å². The van der Waals surface area contributed by atoms with E-state index in [-0.39, 0.29) is 11.7 Å². The van der Waals surface area contributed by atoms with Crippen LogP contribution in [0.15, 0.2) is 60.8 Å². The average molecular weight is 396 g/mol. The summed E-state index contributed by atoms with van der Waals surface area (Å²) in [7, 11) is 1.58. The Balaban J connectivity index is 1.70. The average Bonchev–Trinajstić information content (AvgIpc) is 3.09. The van der Waals surface area contributed by atoms with Crippen LogP contribution in [0.2, 0.25) is 5.02 Å². The molecule has 0 unspecified atom stereocenters. The Kier molecular flexibility index (Phi) is 4.67. The fraction of sp³-hybridized carbons (Fsp3) is 0.0500. The number of carbonyl (C=O) groups is 1. The standard InChI is InChI=1S/C20H15ClFN5O/c1-23-19(28)12-5-7-16(8-6-12)24-20-25-18-17(10-14(21)11-27(18)26-20)13-3-2-4-15(22)9-13/h2-11H,1H3,(H,23,28)(H,24,26). The SMILES string of the molecule is CNC(=O)c1ccc(Nc2nc3c(-c4cccc(F)c4)cc(Cl)cn3n2)cc1. The number of carbonyl (C=O) groups excluding carboxylic acids is 1. The van der Waals surface area contributed by atoms with Crippen LogP contribution in [-0.2, 0) is 0 Å². The Hall–Kier alpha value is -3.45. The lowest BCUT2D eigenvalue weighted by atomic mass is 10.1. The summed E-state index contributed by atoms with van der Waals surface area (Å²) < 4.78 is 15.2. The molecule has 6 nitrogen and oxygen atoms in total. The molecule has 0 saturated carbocycles. The Morgan fingerprint density at radius 2 is 1.93 bits per heavy atom. The Morgan fingerprint density at radius 3 is 2.64 bits per heavy atom. The largest absolute Gasteiger partial charge is 0.355 e. The first-order valence-corrected chi connectivity index (χ1v) is 8.82. The van der Waals surface area contributed by atoms with Gasteiger partial charge in [-0.3, -0.25) is 4.79 Å². The van der Waals surface area contributed by atoms with Gasteiger partial charge in [0.25, 0.3) is 5.91 Å². The first-order chi connectivity index (χ1) is 13.5. The predicted octanol–water partition coefficient (Wildman–Crippen LogP) is 4.29. The molecule has 0 aliphatic rings. The highest BCUT2D eigenvalue weighted by atomic mass is 35.5. The number of halogens is 2. The maximum atomic E-state index is 13.6. The maximum Gasteiger partial charge on any atom is 0.251 e. The van der Waals surface area contributed by atoms with Crippen LogP contribution in [0.1, 0.15) is 10.4 Å². The molecule has 0 fully saturated rings. The smallest absolute Gasteiger partial charge is 0.251 e. The molecule has 2 aromatic carbocycles. The molecule has 0 spiro atoms. The minimum atomic E-state index is -0.343. The van der Waals surface area contributed by atoms with Crippen LogP contribution in [0.25, 0.3) is 16.8 Å². The summed E-state index contributed by atoms with van der Waals surface area (Å²) >= 11 is 6.20. The zero-order valence-electron chi connectivity index (χ0n) is 14.8. The number of nitrogens with zero attached hydrogens (tertiary/aromatic N) is 3. The molecule has 4 aromatic rings. The van der Waals surface area contributed by atoms with Gasteiger partial charge < -0.3 is 10.6 Å². The molecule has 0 saturated heterocycles. The van der Waals surface area contributed by atoms with Crippen LogP contribution in [0.3, 0.4) is 0 Å². The molecule has 2 N–H and O–H groups in total. The van der Waals surface area contributed by atoms with Gasteiger partial charge in [0, 0.05) is 30.1 Å². The zero-order chi connectivity index (χ0) is 19.7. The van der Waals surface area contributed by atoms with Crippen molar-refractivity contribution in [2.45, 2.75) is 0 Å². The third-order valence-electron chi connectivity index (χ3n) is 4.17. The monoisotopic (exact) mass is 395 g/mol. The molecule has 28 heavy (non-hydrogen) atoms. The fourth-order valence-corrected chi connectivity index (χ4v) is 3.05. The van der Waals surface area contributed by atoms with E-state index in [0.29, 0.717) is 33.3 Å². The lowest BCUT2D eigenvalue weighted by molar-refractivity contribution is 0.0963. The van der Waals surface area contributed by atoms with E-state index in [4.69, 9.17) is 11.6 Å². The molecule has 4 rings (SSSR count). The molecular weight excluding hydrogens is 381 g/mol. The minimum Gasteiger partial charge on any atom is -0.355 e. The highest BCUT2D eigenvalue weighted by molar-refractivity contribution is 6.30. The number of aromatic nitrogens is 3. The summed E-state index contributed by atoms with van der Waals surface area (Å²) in [5.74, 6) is -0.149. The van der Waals surface area contributed by atoms with Gasteiger partial charge in [0.2, 0.25) is 5.95 Å². The molecule has 0 aliphatic heterocycles. The van der Waals surface area contributed by atoms with Crippen LogP contribution in [0.4, 0.5) is 16.0 Å². The van der Waals surface area contributed by atoms with Crippen LogP contribution >= 0.6 is 11.6 Å². The van der Waals surface area contributed by atoms with Crippen molar-refractivity contribution in [3.8, 4) is 11.1 Å². The molecular formula is C20H15ClFN5O. The lowest BCUT2D eigenvalue weighted by Gasteiger charge is -2.04. The second-order valence-electron chi connectivity index (χ2n) is 6.07. The summed E-state index contributed by atoms with van der Waals surface area (Å²) in [6, 6.07) is 14.9. The molecule has 0 atom stereocenters. The Labute approximate surface area is 165 Å². The van der Waals surface area contributed by atoms with Gasteiger partial charge in [-0.2, -0.15) is 4.98 Å². The van der Waals surface area contributed by atoms with Gasteiger partial charge in [0.15, 0.2) is 5.65 Å². The zero-order valence-corrected chi connectivity index (χ0v) is 15.5. The first kappa shape index (κ1) is 17.9. The highest BCUT2D eigenvalue weighted by Gasteiger charge is 2.12. The fourth-order valence-electron chi connectivity index (χ4n) is 2.85. The number of rotatable bonds is 4. The van der Waals surface area contributed by atoms with E-state index in [0.717, 1.165) is 5.69 Å². The topological polar surface area (TPSA) is 71.3 Å². The molecule has 140 valence electrons. The number of anilines is 2. The minimum absolute atomic E-state index is 0.160. The van der Waals surface area contributed by atoms with Crippen molar-refractivity contribution in [2.24, 2.45) is 0 Å². The van der Waals surface area contributed by atoms with Crippen molar-refractivity contribution in [1.82, 2.24) is 19.9 Å². The maximum absolute atomic E-state index is 13.6. The van der Waals surface area contributed by atoms with Gasteiger partial charge >= 0.3 is 0 Å². The van der Waals surface area contributed by atoms with E-state index in [1.54, 1.807) is 60.2 Å². The lowest BCUT2D eigenvalue weighted by Crippen LogP contribution is -2.17. The number of nitrogens with one attached hydrogen (secondary N) is 2. The number of hydrogen-bond donors (Lipinski definition) is 2. The van der Waals surface area contributed by atoms with E-state index in [1.807, 2.05) is 0 Å². The van der Waals surface area contributed by atoms with Gasteiger partial charge in [-0.15, -0.1) is 5.10 Å². The first-order valence-electron chi connectivity index (χ1n) is 8.44. The van der Waals surface area contributed by atoms with Crippen LogP contribution in [0.5, 0.6) is 0 Å². The normalized spacial score (nSPS) is 10.8.